The van der Waals surface area contributed by atoms with Gasteiger partial charge in [0.15, 0.2) is 0 Å². The van der Waals surface area contributed by atoms with Crippen molar-refractivity contribution in [3.63, 3.8) is 0 Å². The van der Waals surface area contributed by atoms with Crippen LogP contribution in [0, 0.1) is 0 Å². The van der Waals surface area contributed by atoms with Gasteiger partial charge in [0, 0.05) is 19.8 Å². The molecule has 2 unspecified atom stereocenters. The van der Waals surface area contributed by atoms with Crippen LogP contribution in [-0.2, 0) is 16.4 Å². The van der Waals surface area contributed by atoms with Gasteiger partial charge in [0.05, 0.1) is 22.8 Å². The van der Waals surface area contributed by atoms with E-state index < -0.39 is 0 Å². The number of nitrogens with zero attached hydrogens (tertiary/aromatic N) is 3. The van der Waals surface area contributed by atoms with Crippen LogP contribution in [0.3, 0.4) is 0 Å². The first-order valence-electron chi connectivity index (χ1n) is 7.61. The van der Waals surface area contributed by atoms with Crippen LogP contribution in [0.25, 0.3) is 0 Å². The fourth-order valence-corrected chi connectivity index (χ4v) is 3.46. The zero-order valence-corrected chi connectivity index (χ0v) is 14.7. The molecule has 0 saturated carbocycles. The highest BCUT2D eigenvalue weighted by Gasteiger charge is 2.53. The van der Waals surface area contributed by atoms with E-state index in [4.69, 9.17) is 9.31 Å². The minimum Gasteiger partial charge on any atom is -0.398 e. The molecule has 3 rings (SSSR count). The van der Waals surface area contributed by atoms with Crippen molar-refractivity contribution >= 4 is 22.1 Å². The topological polar surface area (TPSA) is 39.5 Å². The van der Waals surface area contributed by atoms with E-state index in [1.165, 1.54) is 6.42 Å². The van der Waals surface area contributed by atoms with Crippen molar-refractivity contribution in [2.75, 3.05) is 6.54 Å². The quantitative estimate of drug-likeness (QED) is 0.615. The average molecular weight is 309 g/mol. The summed E-state index contributed by atoms with van der Waals surface area (Å²) in [5.41, 5.74) is 0.360. The van der Waals surface area contributed by atoms with E-state index in [9.17, 15) is 0 Å². The van der Waals surface area contributed by atoms with Crippen LogP contribution in [-0.4, -0.2) is 39.1 Å². The molecule has 0 bridgehead atoms. The summed E-state index contributed by atoms with van der Waals surface area (Å²) in [5, 5.41) is 0. The van der Waals surface area contributed by atoms with Gasteiger partial charge in [-0.3, -0.25) is 4.67 Å². The second-order valence-corrected chi connectivity index (χ2v) is 7.75. The lowest BCUT2D eigenvalue weighted by Gasteiger charge is -2.32. The van der Waals surface area contributed by atoms with E-state index in [0.717, 1.165) is 24.4 Å². The second-order valence-electron chi connectivity index (χ2n) is 7.08. The smallest absolute Gasteiger partial charge is 0.398 e. The van der Waals surface area contributed by atoms with E-state index >= 15 is 0 Å². The largest absolute Gasteiger partial charge is 0.514 e. The molecule has 0 radical (unpaired) electrons. The van der Waals surface area contributed by atoms with Gasteiger partial charge < -0.3 is 13.9 Å². The fourth-order valence-electron chi connectivity index (χ4n) is 3.00. The molecule has 0 spiro atoms. The van der Waals surface area contributed by atoms with E-state index in [0.29, 0.717) is 6.04 Å². The summed E-state index contributed by atoms with van der Waals surface area (Å²) >= 11 is 0. The van der Waals surface area contributed by atoms with Gasteiger partial charge in [-0.25, -0.2) is 4.98 Å². The number of hydrogen-bond acceptors (Lipinski definition) is 4. The molecule has 5 nitrogen and oxygen atoms in total. The first-order chi connectivity index (χ1) is 9.73. The Morgan fingerprint density at radius 1 is 1.29 bits per heavy atom. The zero-order chi connectivity index (χ0) is 15.4. The van der Waals surface area contributed by atoms with Crippen LogP contribution < -0.4 is 5.59 Å². The molecule has 2 fully saturated rings. The second kappa shape index (κ2) is 5.05. The molecule has 0 amide bonds. The summed E-state index contributed by atoms with van der Waals surface area (Å²) < 4.78 is 16.7. The maximum atomic E-state index is 6.13. The van der Waals surface area contributed by atoms with Crippen LogP contribution in [0.2, 0.25) is 0 Å². The van der Waals surface area contributed by atoms with Crippen molar-refractivity contribution in [1.29, 1.82) is 0 Å². The molecule has 0 aromatic carbocycles. The lowest BCUT2D eigenvalue weighted by molar-refractivity contribution is 0.00578. The van der Waals surface area contributed by atoms with Crippen LogP contribution >= 0.6 is 9.39 Å². The van der Waals surface area contributed by atoms with Gasteiger partial charge in [-0.05, 0) is 40.5 Å². The Labute approximate surface area is 129 Å². The Kier molecular flexibility index (Phi) is 3.73. The molecule has 1 aromatic rings. The van der Waals surface area contributed by atoms with E-state index in [-0.39, 0.29) is 18.3 Å². The summed E-state index contributed by atoms with van der Waals surface area (Å²) in [7, 11) is 4.52. The molecule has 2 saturated heterocycles. The summed E-state index contributed by atoms with van der Waals surface area (Å²) in [5.74, 6) is 1.09. The third-order valence-electron chi connectivity index (χ3n) is 5.15. The number of hydrogen-bond donors (Lipinski definition) is 0. The Morgan fingerprint density at radius 3 is 2.43 bits per heavy atom. The van der Waals surface area contributed by atoms with E-state index in [1.54, 1.807) is 0 Å². The Bertz CT molecular complexity index is 530. The minimum atomic E-state index is -0.347. The highest BCUT2D eigenvalue weighted by atomic mass is 31.0. The molecule has 2 atom stereocenters. The molecule has 21 heavy (non-hydrogen) atoms. The molecular formula is C14H25BN3O2P. The van der Waals surface area contributed by atoms with Gasteiger partial charge in [-0.2, -0.15) is 0 Å². The van der Waals surface area contributed by atoms with Crippen molar-refractivity contribution < 1.29 is 9.31 Å². The molecule has 7 heteroatoms. The maximum Gasteiger partial charge on any atom is 0.514 e. The Morgan fingerprint density at radius 2 is 1.90 bits per heavy atom. The van der Waals surface area contributed by atoms with Crippen molar-refractivity contribution in [3.05, 3.63) is 12.0 Å². The lowest BCUT2D eigenvalue weighted by atomic mass is 9.85. The number of rotatable bonds is 2. The Balaban J connectivity index is 1.87. The molecule has 0 aliphatic carbocycles. The highest BCUT2D eigenvalue weighted by Crippen LogP contribution is 2.37. The van der Waals surface area contributed by atoms with Crippen LogP contribution in [0.1, 0.15) is 52.4 Å². The zero-order valence-electron chi connectivity index (χ0n) is 13.6. The van der Waals surface area contributed by atoms with Gasteiger partial charge in [-0.15, -0.1) is 0 Å². The fraction of sp³-hybridized carbons (Fsp3) is 0.786. The normalized spacial score (nSPS) is 28.5. The number of imidazole rings is 1. The maximum absolute atomic E-state index is 6.13. The van der Waals surface area contributed by atoms with Gasteiger partial charge in [-0.1, -0.05) is 9.39 Å². The average Bonchev–Trinajstić information content (AvgIpc) is 2.98. The summed E-state index contributed by atoms with van der Waals surface area (Å²) in [6.45, 7) is 9.41. The number of aromatic nitrogens is 2. The van der Waals surface area contributed by atoms with Crippen molar-refractivity contribution in [1.82, 2.24) is 14.2 Å². The molecular weight excluding hydrogens is 284 g/mol. The molecule has 0 N–H and O–H groups in total. The summed E-state index contributed by atoms with van der Waals surface area (Å²) in [4.78, 5) is 4.64. The van der Waals surface area contributed by atoms with Crippen LogP contribution in [0.15, 0.2) is 6.20 Å². The first-order valence-corrected chi connectivity index (χ1v) is 8.13. The van der Waals surface area contributed by atoms with Gasteiger partial charge >= 0.3 is 7.12 Å². The molecule has 2 aliphatic rings. The molecule has 116 valence electrons. The minimum absolute atomic E-state index is 0.317. The summed E-state index contributed by atoms with van der Waals surface area (Å²) in [6, 6.07) is 0.371. The van der Waals surface area contributed by atoms with Crippen molar-refractivity contribution in [3.8, 4) is 0 Å². The third kappa shape index (κ3) is 2.46. The summed E-state index contributed by atoms with van der Waals surface area (Å²) in [6.07, 6.45) is 4.26. The van der Waals surface area contributed by atoms with Gasteiger partial charge in [0.2, 0.25) is 0 Å². The predicted molar refractivity (Wildman–Crippen MR) is 87.3 cm³/mol. The highest BCUT2D eigenvalue weighted by molar-refractivity contribution is 7.13. The van der Waals surface area contributed by atoms with Crippen LogP contribution in [0.4, 0.5) is 0 Å². The van der Waals surface area contributed by atoms with Crippen molar-refractivity contribution in [2.24, 2.45) is 7.05 Å². The van der Waals surface area contributed by atoms with Crippen LogP contribution in [0.5, 0.6) is 0 Å². The first kappa shape index (κ1) is 15.5. The van der Waals surface area contributed by atoms with E-state index in [2.05, 4.69) is 58.4 Å². The lowest BCUT2D eigenvalue weighted by Crippen LogP contribution is -2.41. The Hall–Kier alpha value is -0.415. The molecule has 2 aliphatic heterocycles. The molecule has 3 heterocycles. The van der Waals surface area contributed by atoms with Crippen molar-refractivity contribution in [2.45, 2.75) is 57.8 Å². The monoisotopic (exact) mass is 309 g/mol. The molecule has 1 aromatic heterocycles. The SMILES string of the molecule is Cn1c(B2OC(C)(C)C(C)(C)O2)cnc1C1CCCN1P. The van der Waals surface area contributed by atoms with E-state index in [1.807, 2.05) is 6.20 Å². The van der Waals surface area contributed by atoms with Gasteiger partial charge in [0.25, 0.3) is 0 Å². The van der Waals surface area contributed by atoms with Gasteiger partial charge in [0.1, 0.15) is 5.82 Å². The standard InChI is InChI=1S/C14H25BN3O2P/c1-13(2)14(3,4)20-15(19-13)11-9-16-12(17(11)5)10-7-6-8-18(10)21/h9-10H,6-8,21H2,1-5H3. The predicted octanol–water partition coefficient (Wildman–Crippen LogP) is 1.65. The third-order valence-corrected chi connectivity index (χ3v) is 5.77.